The number of nitrogens with one attached hydrogen (secondary N) is 2. The minimum absolute atomic E-state index is 0.0512. The molecule has 2 heterocycles. The van der Waals surface area contributed by atoms with Gasteiger partial charge in [0.05, 0.1) is 11.7 Å². The van der Waals surface area contributed by atoms with Crippen molar-refractivity contribution >= 4 is 5.91 Å². The molecule has 2 unspecified atom stereocenters. The SMILES string of the molecule is CC(C)c1[nH]ccc1C(=O)NC1CCOC(c2ccc(F)cc2)C1. The number of aromatic amines is 1. The molecule has 0 spiro atoms. The molecule has 1 saturated heterocycles. The van der Waals surface area contributed by atoms with Gasteiger partial charge < -0.3 is 15.0 Å². The zero-order valence-corrected chi connectivity index (χ0v) is 14.0. The summed E-state index contributed by atoms with van der Waals surface area (Å²) in [5, 5.41) is 3.11. The molecule has 0 saturated carbocycles. The van der Waals surface area contributed by atoms with Crippen LogP contribution in [-0.2, 0) is 4.74 Å². The van der Waals surface area contributed by atoms with Crippen LogP contribution in [0.3, 0.4) is 0 Å². The molecule has 1 fully saturated rings. The Morgan fingerprint density at radius 3 is 2.75 bits per heavy atom. The second-order valence-electron chi connectivity index (χ2n) is 6.57. The maximum atomic E-state index is 13.1. The first-order valence-electron chi connectivity index (χ1n) is 8.40. The summed E-state index contributed by atoms with van der Waals surface area (Å²) in [6, 6.07) is 8.24. The summed E-state index contributed by atoms with van der Waals surface area (Å²) in [5.74, 6) is -0.0415. The van der Waals surface area contributed by atoms with Gasteiger partial charge in [0.15, 0.2) is 0 Å². The lowest BCUT2D eigenvalue weighted by Crippen LogP contribution is -2.40. The first kappa shape index (κ1) is 16.7. The van der Waals surface area contributed by atoms with Gasteiger partial charge in [-0.25, -0.2) is 4.39 Å². The quantitative estimate of drug-likeness (QED) is 0.892. The van der Waals surface area contributed by atoms with Gasteiger partial charge in [-0.1, -0.05) is 26.0 Å². The molecule has 128 valence electrons. The highest BCUT2D eigenvalue weighted by molar-refractivity contribution is 5.95. The number of amides is 1. The van der Waals surface area contributed by atoms with Crippen LogP contribution in [0.1, 0.15) is 60.3 Å². The second-order valence-corrected chi connectivity index (χ2v) is 6.57. The molecule has 24 heavy (non-hydrogen) atoms. The van der Waals surface area contributed by atoms with Crippen molar-refractivity contribution in [2.75, 3.05) is 6.61 Å². The molecule has 2 N–H and O–H groups in total. The molecule has 4 nitrogen and oxygen atoms in total. The van der Waals surface area contributed by atoms with Crippen LogP contribution in [0.15, 0.2) is 36.5 Å². The van der Waals surface area contributed by atoms with Crippen LogP contribution in [0.4, 0.5) is 4.39 Å². The Hall–Kier alpha value is -2.14. The van der Waals surface area contributed by atoms with Crippen LogP contribution in [0.5, 0.6) is 0 Å². The standard InChI is InChI=1S/C19H23FN2O2/c1-12(2)18-16(7-9-21-18)19(23)22-15-8-10-24-17(11-15)13-3-5-14(20)6-4-13/h3-7,9,12,15,17,21H,8,10-11H2,1-2H3,(H,22,23). The zero-order chi connectivity index (χ0) is 17.1. The number of rotatable bonds is 4. The van der Waals surface area contributed by atoms with Crippen molar-refractivity contribution in [3.63, 3.8) is 0 Å². The van der Waals surface area contributed by atoms with Crippen molar-refractivity contribution in [3.8, 4) is 0 Å². The number of ether oxygens (including phenoxy) is 1. The number of carbonyl (C=O) groups excluding carboxylic acids is 1. The molecule has 2 atom stereocenters. The third kappa shape index (κ3) is 3.67. The van der Waals surface area contributed by atoms with Crippen molar-refractivity contribution in [2.24, 2.45) is 0 Å². The van der Waals surface area contributed by atoms with Gasteiger partial charge in [0.25, 0.3) is 5.91 Å². The minimum Gasteiger partial charge on any atom is -0.373 e. The zero-order valence-electron chi connectivity index (χ0n) is 14.0. The maximum Gasteiger partial charge on any atom is 0.253 e. The van der Waals surface area contributed by atoms with E-state index in [9.17, 15) is 9.18 Å². The monoisotopic (exact) mass is 330 g/mol. The van der Waals surface area contributed by atoms with Crippen LogP contribution in [0.2, 0.25) is 0 Å². The predicted molar refractivity (Wildman–Crippen MR) is 90.5 cm³/mol. The van der Waals surface area contributed by atoms with E-state index < -0.39 is 0 Å². The molecular formula is C19H23FN2O2. The Morgan fingerprint density at radius 2 is 2.04 bits per heavy atom. The molecule has 1 aliphatic rings. The van der Waals surface area contributed by atoms with Gasteiger partial charge in [-0.15, -0.1) is 0 Å². The van der Waals surface area contributed by atoms with E-state index >= 15 is 0 Å². The summed E-state index contributed by atoms with van der Waals surface area (Å²) in [4.78, 5) is 15.7. The van der Waals surface area contributed by atoms with E-state index in [1.807, 2.05) is 6.07 Å². The number of H-pyrrole nitrogens is 1. The van der Waals surface area contributed by atoms with E-state index in [2.05, 4.69) is 24.1 Å². The van der Waals surface area contributed by atoms with Crippen LogP contribution in [-0.4, -0.2) is 23.5 Å². The largest absolute Gasteiger partial charge is 0.373 e. The van der Waals surface area contributed by atoms with E-state index in [4.69, 9.17) is 4.74 Å². The molecule has 5 heteroatoms. The third-order valence-electron chi connectivity index (χ3n) is 4.46. The number of carbonyl (C=O) groups is 1. The van der Waals surface area contributed by atoms with Gasteiger partial charge in [-0.2, -0.15) is 0 Å². The van der Waals surface area contributed by atoms with Gasteiger partial charge in [0.1, 0.15) is 5.82 Å². The van der Waals surface area contributed by atoms with Crippen LogP contribution >= 0.6 is 0 Å². The topological polar surface area (TPSA) is 54.1 Å². The number of aromatic nitrogens is 1. The molecule has 1 amide bonds. The lowest BCUT2D eigenvalue weighted by atomic mass is 9.97. The van der Waals surface area contributed by atoms with E-state index in [0.717, 1.165) is 17.7 Å². The fourth-order valence-electron chi connectivity index (χ4n) is 3.16. The average molecular weight is 330 g/mol. The fourth-order valence-corrected chi connectivity index (χ4v) is 3.16. The van der Waals surface area contributed by atoms with Gasteiger partial charge in [-0.05, 0) is 42.5 Å². The van der Waals surface area contributed by atoms with Gasteiger partial charge in [-0.3, -0.25) is 4.79 Å². The summed E-state index contributed by atoms with van der Waals surface area (Å²) in [6.45, 7) is 4.69. The molecule has 1 aromatic heterocycles. The predicted octanol–water partition coefficient (Wildman–Crippen LogP) is 3.93. The van der Waals surface area contributed by atoms with Gasteiger partial charge in [0.2, 0.25) is 0 Å². The number of halogens is 1. The highest BCUT2D eigenvalue weighted by Gasteiger charge is 2.26. The summed E-state index contributed by atoms with van der Waals surface area (Å²) < 4.78 is 18.9. The average Bonchev–Trinajstić information content (AvgIpc) is 3.06. The number of hydrogen-bond donors (Lipinski definition) is 2. The maximum absolute atomic E-state index is 13.1. The summed E-state index contributed by atoms with van der Waals surface area (Å²) in [6.07, 6.45) is 3.17. The highest BCUT2D eigenvalue weighted by Crippen LogP contribution is 2.28. The van der Waals surface area contributed by atoms with Gasteiger partial charge in [0, 0.05) is 24.5 Å². The van der Waals surface area contributed by atoms with Crippen molar-refractivity contribution in [1.29, 1.82) is 0 Å². The second kappa shape index (κ2) is 7.18. The molecule has 3 rings (SSSR count). The smallest absolute Gasteiger partial charge is 0.253 e. The number of hydrogen-bond acceptors (Lipinski definition) is 2. The lowest BCUT2D eigenvalue weighted by Gasteiger charge is -2.30. The summed E-state index contributed by atoms with van der Waals surface area (Å²) >= 11 is 0. The van der Waals surface area contributed by atoms with E-state index in [0.29, 0.717) is 18.6 Å². The van der Waals surface area contributed by atoms with Crippen molar-refractivity contribution in [3.05, 3.63) is 59.2 Å². The summed E-state index contributed by atoms with van der Waals surface area (Å²) in [7, 11) is 0. The van der Waals surface area contributed by atoms with Crippen molar-refractivity contribution in [1.82, 2.24) is 10.3 Å². The normalized spacial score (nSPS) is 21.0. The van der Waals surface area contributed by atoms with E-state index in [1.54, 1.807) is 18.3 Å². The highest BCUT2D eigenvalue weighted by atomic mass is 19.1. The van der Waals surface area contributed by atoms with Crippen molar-refractivity contribution < 1.29 is 13.9 Å². The minimum atomic E-state index is -0.256. The number of benzene rings is 1. The molecule has 0 radical (unpaired) electrons. The Morgan fingerprint density at radius 1 is 1.29 bits per heavy atom. The molecule has 2 aromatic rings. The van der Waals surface area contributed by atoms with Crippen LogP contribution in [0, 0.1) is 5.82 Å². The molecule has 1 aliphatic heterocycles. The van der Waals surface area contributed by atoms with Crippen LogP contribution in [0.25, 0.3) is 0 Å². The Labute approximate surface area is 141 Å². The van der Waals surface area contributed by atoms with Crippen molar-refractivity contribution in [2.45, 2.75) is 44.8 Å². The van der Waals surface area contributed by atoms with E-state index in [1.165, 1.54) is 12.1 Å². The lowest BCUT2D eigenvalue weighted by molar-refractivity contribution is 0.000869. The molecule has 0 aliphatic carbocycles. The first-order valence-corrected chi connectivity index (χ1v) is 8.40. The Bertz CT molecular complexity index is 694. The fraction of sp³-hybridized carbons (Fsp3) is 0.421. The Kier molecular flexibility index (Phi) is 5.00. The van der Waals surface area contributed by atoms with Gasteiger partial charge >= 0.3 is 0 Å². The van der Waals surface area contributed by atoms with E-state index in [-0.39, 0.29) is 29.8 Å². The molecule has 1 aromatic carbocycles. The third-order valence-corrected chi connectivity index (χ3v) is 4.46. The first-order chi connectivity index (χ1) is 11.5. The Balaban J connectivity index is 1.66. The molecular weight excluding hydrogens is 307 g/mol. The molecule has 0 bridgehead atoms. The summed E-state index contributed by atoms with van der Waals surface area (Å²) in [5.41, 5.74) is 2.60. The van der Waals surface area contributed by atoms with Crippen LogP contribution < -0.4 is 5.32 Å².